The van der Waals surface area contributed by atoms with Crippen molar-refractivity contribution < 1.29 is 22.0 Å². The van der Waals surface area contributed by atoms with Gasteiger partial charge in [-0.2, -0.15) is 0 Å². The second kappa shape index (κ2) is 10.2. The van der Waals surface area contributed by atoms with E-state index in [1.54, 1.807) is 11.0 Å². The van der Waals surface area contributed by atoms with E-state index in [4.69, 9.17) is 0 Å². The average molecular weight is 393 g/mol. The Morgan fingerprint density at radius 3 is 1.83 bits per heavy atom. The van der Waals surface area contributed by atoms with Crippen molar-refractivity contribution in [3.63, 3.8) is 0 Å². The first-order chi connectivity index (χ1) is 10.5. The third kappa shape index (κ3) is 4.59. The molecule has 1 aliphatic rings. The minimum Gasteiger partial charge on any atom is -0.314 e. The van der Waals surface area contributed by atoms with Crippen molar-refractivity contribution in [2.75, 3.05) is 26.2 Å². The van der Waals surface area contributed by atoms with E-state index in [-0.39, 0.29) is 31.2 Å². The van der Waals surface area contributed by atoms with Crippen LogP contribution in [-0.2, 0) is 0 Å². The quantitative estimate of drug-likeness (QED) is 0.350. The van der Waals surface area contributed by atoms with Crippen molar-refractivity contribution in [1.29, 1.82) is 0 Å². The SMILES string of the molecule is C=CCC[C@@H](c1c(F)c(F)c(F)c(F)c1F)N1CCNCC1.Cl.Cl. The van der Waals surface area contributed by atoms with Gasteiger partial charge in [-0.15, -0.1) is 31.4 Å². The molecular formula is C15H19Cl2F5N2. The van der Waals surface area contributed by atoms with Gasteiger partial charge in [0.15, 0.2) is 23.3 Å². The molecule has 2 rings (SSSR count). The van der Waals surface area contributed by atoms with Crippen LogP contribution in [-0.4, -0.2) is 31.1 Å². The topological polar surface area (TPSA) is 15.3 Å². The minimum atomic E-state index is -2.12. The van der Waals surface area contributed by atoms with Crippen molar-refractivity contribution in [3.05, 3.63) is 47.3 Å². The van der Waals surface area contributed by atoms with E-state index in [1.807, 2.05) is 0 Å². The van der Waals surface area contributed by atoms with Crippen LogP contribution >= 0.6 is 24.8 Å². The molecule has 1 fully saturated rings. The third-order valence-electron chi connectivity index (χ3n) is 3.81. The zero-order chi connectivity index (χ0) is 16.3. The molecule has 1 atom stereocenters. The van der Waals surface area contributed by atoms with Crippen molar-refractivity contribution in [3.8, 4) is 0 Å². The highest BCUT2D eigenvalue weighted by atomic mass is 35.5. The van der Waals surface area contributed by atoms with Crippen molar-refractivity contribution in [2.24, 2.45) is 0 Å². The van der Waals surface area contributed by atoms with Crippen LogP contribution in [0.3, 0.4) is 0 Å². The fourth-order valence-corrected chi connectivity index (χ4v) is 2.69. The summed E-state index contributed by atoms with van der Waals surface area (Å²) in [6.07, 6.45) is 2.21. The van der Waals surface area contributed by atoms with Gasteiger partial charge >= 0.3 is 0 Å². The molecule has 1 saturated heterocycles. The molecule has 138 valence electrons. The fraction of sp³-hybridized carbons (Fsp3) is 0.467. The standard InChI is InChI=1S/C15H17F5N2.2ClH/c1-2-3-4-9(22-7-5-21-6-8-22)10-11(16)13(18)15(20)14(19)12(10)17;;/h2,9,21H,1,3-8H2;2*1H/t9-;;/m0../s1. The predicted molar refractivity (Wildman–Crippen MR) is 87.3 cm³/mol. The van der Waals surface area contributed by atoms with Crippen LogP contribution in [0.4, 0.5) is 22.0 Å². The van der Waals surface area contributed by atoms with Crippen LogP contribution in [0, 0.1) is 29.1 Å². The van der Waals surface area contributed by atoms with E-state index in [1.165, 1.54) is 0 Å². The zero-order valence-electron chi connectivity index (χ0n) is 12.8. The lowest BCUT2D eigenvalue weighted by molar-refractivity contribution is 0.156. The molecule has 0 unspecified atom stereocenters. The number of rotatable bonds is 5. The Hall–Kier alpha value is -0.890. The van der Waals surface area contributed by atoms with E-state index in [0.29, 0.717) is 32.6 Å². The molecule has 24 heavy (non-hydrogen) atoms. The van der Waals surface area contributed by atoms with Gasteiger partial charge in [-0.05, 0) is 12.8 Å². The lowest BCUT2D eigenvalue weighted by Crippen LogP contribution is -2.45. The third-order valence-corrected chi connectivity index (χ3v) is 3.81. The average Bonchev–Trinajstić information content (AvgIpc) is 2.55. The number of benzene rings is 1. The van der Waals surface area contributed by atoms with Crippen LogP contribution in [0.15, 0.2) is 12.7 Å². The summed E-state index contributed by atoms with van der Waals surface area (Å²) < 4.78 is 68.2. The molecule has 1 heterocycles. The highest BCUT2D eigenvalue weighted by Gasteiger charge is 2.33. The van der Waals surface area contributed by atoms with Crippen LogP contribution < -0.4 is 5.32 Å². The van der Waals surface area contributed by atoms with Gasteiger partial charge in [0.2, 0.25) is 5.82 Å². The van der Waals surface area contributed by atoms with E-state index in [2.05, 4.69) is 11.9 Å². The van der Waals surface area contributed by atoms with Gasteiger partial charge in [0.1, 0.15) is 0 Å². The molecule has 1 N–H and O–H groups in total. The number of halogens is 7. The maximum Gasteiger partial charge on any atom is 0.200 e. The molecule has 2 nitrogen and oxygen atoms in total. The molecule has 1 aliphatic heterocycles. The molecule has 0 saturated carbocycles. The van der Waals surface area contributed by atoms with Gasteiger partial charge in [0.05, 0.1) is 0 Å². The summed E-state index contributed by atoms with van der Waals surface area (Å²) in [5.74, 6) is -9.41. The van der Waals surface area contributed by atoms with Gasteiger partial charge in [-0.1, -0.05) is 6.08 Å². The summed E-state index contributed by atoms with van der Waals surface area (Å²) in [7, 11) is 0. The first-order valence-corrected chi connectivity index (χ1v) is 7.06. The summed E-state index contributed by atoms with van der Waals surface area (Å²) in [6.45, 7) is 5.68. The van der Waals surface area contributed by atoms with Crippen molar-refractivity contribution >= 4 is 24.8 Å². The number of hydrogen-bond acceptors (Lipinski definition) is 2. The maximum absolute atomic E-state index is 14.0. The predicted octanol–water partition coefficient (Wildman–Crippen LogP) is 4.14. The number of allylic oxidation sites excluding steroid dienone is 1. The van der Waals surface area contributed by atoms with Gasteiger partial charge < -0.3 is 5.32 Å². The highest BCUT2D eigenvalue weighted by Crippen LogP contribution is 2.34. The summed E-state index contributed by atoms with van der Waals surface area (Å²) in [6, 6.07) is -0.871. The van der Waals surface area contributed by atoms with Crippen molar-refractivity contribution in [1.82, 2.24) is 10.2 Å². The largest absolute Gasteiger partial charge is 0.314 e. The Morgan fingerprint density at radius 2 is 1.38 bits per heavy atom. The Morgan fingerprint density at radius 1 is 0.917 bits per heavy atom. The smallest absolute Gasteiger partial charge is 0.200 e. The van der Waals surface area contributed by atoms with E-state index < -0.39 is 40.7 Å². The highest BCUT2D eigenvalue weighted by molar-refractivity contribution is 5.85. The fourth-order valence-electron chi connectivity index (χ4n) is 2.69. The molecule has 0 bridgehead atoms. The summed E-state index contributed by atoms with van der Waals surface area (Å²) in [5, 5.41) is 3.08. The molecule has 0 amide bonds. The Bertz CT molecular complexity index is 536. The number of hydrogen-bond donors (Lipinski definition) is 1. The van der Waals surface area contributed by atoms with Crippen molar-refractivity contribution in [2.45, 2.75) is 18.9 Å². The summed E-state index contributed by atoms with van der Waals surface area (Å²) in [4.78, 5) is 1.73. The van der Waals surface area contributed by atoms with E-state index in [9.17, 15) is 22.0 Å². The minimum absolute atomic E-state index is 0. The maximum atomic E-state index is 14.0. The molecule has 1 aromatic carbocycles. The zero-order valence-corrected chi connectivity index (χ0v) is 14.4. The van der Waals surface area contributed by atoms with Crippen LogP contribution in [0.25, 0.3) is 0 Å². The van der Waals surface area contributed by atoms with Gasteiger partial charge in [0.25, 0.3) is 0 Å². The van der Waals surface area contributed by atoms with Gasteiger partial charge in [-0.3, -0.25) is 4.90 Å². The van der Waals surface area contributed by atoms with Crippen LogP contribution in [0.5, 0.6) is 0 Å². The molecule has 0 spiro atoms. The van der Waals surface area contributed by atoms with Gasteiger partial charge in [-0.25, -0.2) is 22.0 Å². The Kier molecular flexibility index (Phi) is 9.80. The molecule has 9 heteroatoms. The van der Waals surface area contributed by atoms with Crippen LogP contribution in [0.1, 0.15) is 24.4 Å². The first kappa shape index (κ1) is 23.1. The van der Waals surface area contributed by atoms with Gasteiger partial charge in [0, 0.05) is 37.8 Å². The van der Waals surface area contributed by atoms with Crippen LogP contribution in [0.2, 0.25) is 0 Å². The molecule has 0 radical (unpaired) electrons. The molecular weight excluding hydrogens is 374 g/mol. The number of piperazine rings is 1. The summed E-state index contributed by atoms with van der Waals surface area (Å²) >= 11 is 0. The second-order valence-electron chi connectivity index (χ2n) is 5.15. The molecule has 1 aromatic rings. The lowest BCUT2D eigenvalue weighted by atomic mass is 9.97. The number of nitrogens with one attached hydrogen (secondary N) is 1. The van der Waals surface area contributed by atoms with E-state index >= 15 is 0 Å². The monoisotopic (exact) mass is 392 g/mol. The lowest BCUT2D eigenvalue weighted by Gasteiger charge is -2.35. The normalized spacial score (nSPS) is 16.0. The number of nitrogens with zero attached hydrogens (tertiary/aromatic N) is 1. The Labute approximate surface area is 149 Å². The van der Waals surface area contributed by atoms with E-state index in [0.717, 1.165) is 0 Å². The summed E-state index contributed by atoms with van der Waals surface area (Å²) in [5.41, 5.74) is -0.750. The second-order valence-corrected chi connectivity index (χ2v) is 5.15. The first-order valence-electron chi connectivity index (χ1n) is 7.06. The Balaban J connectivity index is 0.00000264. The molecule has 0 aliphatic carbocycles. The molecule has 0 aromatic heterocycles.